The molecule has 1 aliphatic heterocycles. The van der Waals surface area contributed by atoms with E-state index in [0.29, 0.717) is 38.5 Å². The van der Waals surface area contributed by atoms with Crippen molar-refractivity contribution >= 4 is 17.7 Å². The molecule has 3 fully saturated rings. The van der Waals surface area contributed by atoms with Crippen LogP contribution in [0, 0.1) is 28.6 Å². The Balaban J connectivity index is 1.67. The summed E-state index contributed by atoms with van der Waals surface area (Å²) >= 11 is 0. The number of ketones is 1. The van der Waals surface area contributed by atoms with Gasteiger partial charge in [0.05, 0.1) is 12.0 Å². The minimum absolute atomic E-state index is 0.0551. The highest BCUT2D eigenvalue weighted by Gasteiger charge is 2.70. The third kappa shape index (κ3) is 2.24. The highest BCUT2D eigenvalue weighted by molar-refractivity contribution is 5.92. The summed E-state index contributed by atoms with van der Waals surface area (Å²) in [5.74, 6) is -1.94. The molecule has 4 aliphatic carbocycles. The van der Waals surface area contributed by atoms with Gasteiger partial charge in [-0.25, -0.2) is 0 Å². The number of aliphatic carboxylic acids is 1. The lowest BCUT2D eigenvalue weighted by Crippen LogP contribution is -2.59. The first kappa shape index (κ1) is 19.0. The molecule has 1 heterocycles. The van der Waals surface area contributed by atoms with Gasteiger partial charge in [-0.2, -0.15) is 0 Å². The minimum atomic E-state index is -0.857. The van der Waals surface area contributed by atoms with Crippen LogP contribution < -0.4 is 0 Å². The monoisotopic (exact) mass is 400 g/mol. The van der Waals surface area contributed by atoms with Gasteiger partial charge < -0.3 is 14.9 Å². The Morgan fingerprint density at radius 1 is 1.17 bits per heavy atom. The highest BCUT2D eigenvalue weighted by atomic mass is 16.6. The number of hydrogen-bond donors (Lipinski definition) is 2. The summed E-state index contributed by atoms with van der Waals surface area (Å²) in [6.07, 6.45) is 6.50. The Bertz CT molecular complexity index is 886. The van der Waals surface area contributed by atoms with Gasteiger partial charge in [-0.3, -0.25) is 14.4 Å². The van der Waals surface area contributed by atoms with E-state index in [2.05, 4.69) is 6.92 Å². The van der Waals surface area contributed by atoms with E-state index in [0.717, 1.165) is 17.6 Å². The van der Waals surface area contributed by atoms with E-state index in [1.54, 1.807) is 6.08 Å². The fraction of sp³-hybridized carbons (Fsp3) is 0.696. The number of carboxylic acid groups (broad SMARTS) is 1. The molecule has 1 spiro atoms. The van der Waals surface area contributed by atoms with Gasteiger partial charge in [0.1, 0.15) is 5.60 Å². The molecule has 5 rings (SSSR count). The van der Waals surface area contributed by atoms with Crippen molar-refractivity contribution in [2.45, 2.75) is 70.5 Å². The molecule has 29 heavy (non-hydrogen) atoms. The Labute approximate surface area is 170 Å². The number of hydrogen-bond acceptors (Lipinski definition) is 5. The third-order valence-corrected chi connectivity index (χ3v) is 9.14. The van der Waals surface area contributed by atoms with Crippen LogP contribution in [0.5, 0.6) is 0 Å². The first-order valence-electron chi connectivity index (χ1n) is 10.7. The third-order valence-electron chi connectivity index (χ3n) is 9.14. The Morgan fingerprint density at radius 2 is 1.93 bits per heavy atom. The van der Waals surface area contributed by atoms with Crippen LogP contribution in [0.4, 0.5) is 0 Å². The van der Waals surface area contributed by atoms with Crippen LogP contribution in [0.15, 0.2) is 23.3 Å². The number of aliphatic hydroxyl groups excluding tert-OH is 1. The number of carboxylic acids is 1. The van der Waals surface area contributed by atoms with Gasteiger partial charge in [-0.1, -0.05) is 31.1 Å². The molecule has 0 aromatic carbocycles. The highest BCUT2D eigenvalue weighted by Crippen LogP contribution is 2.68. The molecule has 2 saturated carbocycles. The van der Waals surface area contributed by atoms with Crippen LogP contribution in [0.25, 0.3) is 0 Å². The van der Waals surface area contributed by atoms with Crippen LogP contribution in [0.1, 0.15) is 58.8 Å². The summed E-state index contributed by atoms with van der Waals surface area (Å²) in [6, 6.07) is 0. The van der Waals surface area contributed by atoms with E-state index in [1.165, 1.54) is 0 Å². The molecule has 1 saturated heterocycles. The van der Waals surface area contributed by atoms with E-state index in [4.69, 9.17) is 4.74 Å². The maximum absolute atomic E-state index is 12.3. The number of carbonyl (C=O) groups excluding carboxylic acids is 2. The summed E-state index contributed by atoms with van der Waals surface area (Å²) in [4.78, 5) is 36.4. The van der Waals surface area contributed by atoms with Gasteiger partial charge in [0.25, 0.3) is 0 Å². The van der Waals surface area contributed by atoms with Crippen LogP contribution in [0.3, 0.4) is 0 Å². The van der Waals surface area contributed by atoms with Crippen molar-refractivity contribution in [3.05, 3.63) is 23.3 Å². The molecule has 6 nitrogen and oxygen atoms in total. The fourth-order valence-corrected chi connectivity index (χ4v) is 7.41. The van der Waals surface area contributed by atoms with Crippen molar-refractivity contribution in [2.24, 2.45) is 28.6 Å². The van der Waals surface area contributed by atoms with Crippen molar-refractivity contribution in [3.63, 3.8) is 0 Å². The number of esters is 1. The second-order valence-electron chi connectivity index (χ2n) is 10.1. The summed E-state index contributed by atoms with van der Waals surface area (Å²) in [5, 5.41) is 21.5. The van der Waals surface area contributed by atoms with Crippen LogP contribution in [0.2, 0.25) is 0 Å². The zero-order valence-corrected chi connectivity index (χ0v) is 16.9. The van der Waals surface area contributed by atoms with Gasteiger partial charge in [0, 0.05) is 23.7 Å². The quantitative estimate of drug-likeness (QED) is 0.518. The number of ether oxygens (including phenoxy) is 1. The number of fused-ring (bicyclic) bond motifs is 6. The normalized spacial score (nSPS) is 48.4. The lowest BCUT2D eigenvalue weighted by Gasteiger charge is -2.57. The Kier molecular flexibility index (Phi) is 3.81. The van der Waals surface area contributed by atoms with E-state index in [-0.39, 0.29) is 29.0 Å². The SMILES string of the molecule is C[C@]12CCC(=O)C=C1C[C@@H](C(=O)O)C1C2=C[C@@H](O)[C@@]2(C)C1CC[C@@]21CCC(=O)O1. The number of rotatable bonds is 1. The molecular weight excluding hydrogens is 372 g/mol. The molecule has 5 aliphatic rings. The van der Waals surface area contributed by atoms with E-state index < -0.39 is 29.0 Å². The minimum Gasteiger partial charge on any atom is -0.481 e. The largest absolute Gasteiger partial charge is 0.481 e. The van der Waals surface area contributed by atoms with Gasteiger partial charge in [-0.05, 0) is 50.0 Å². The lowest BCUT2D eigenvalue weighted by molar-refractivity contribution is -0.174. The number of carbonyl (C=O) groups is 3. The number of aliphatic hydroxyl groups is 1. The summed E-state index contributed by atoms with van der Waals surface area (Å²) < 4.78 is 5.84. The Morgan fingerprint density at radius 3 is 2.59 bits per heavy atom. The maximum atomic E-state index is 12.3. The first-order chi connectivity index (χ1) is 13.6. The summed E-state index contributed by atoms with van der Waals surface area (Å²) in [6.45, 7) is 4.08. The van der Waals surface area contributed by atoms with E-state index in [9.17, 15) is 24.6 Å². The molecule has 2 unspecified atom stereocenters. The molecule has 0 radical (unpaired) electrons. The van der Waals surface area contributed by atoms with E-state index >= 15 is 0 Å². The smallest absolute Gasteiger partial charge is 0.307 e. The van der Waals surface area contributed by atoms with E-state index in [1.807, 2.05) is 13.0 Å². The topological polar surface area (TPSA) is 101 Å². The van der Waals surface area contributed by atoms with Crippen LogP contribution in [-0.4, -0.2) is 39.6 Å². The van der Waals surface area contributed by atoms with Gasteiger partial charge >= 0.3 is 11.9 Å². The van der Waals surface area contributed by atoms with Crippen LogP contribution in [-0.2, 0) is 19.1 Å². The van der Waals surface area contributed by atoms with Crippen molar-refractivity contribution in [3.8, 4) is 0 Å². The fourth-order valence-electron chi connectivity index (χ4n) is 7.41. The standard InChI is InChI=1S/C23H28O6/c1-21-6-3-13(24)9-12(21)10-14(20(27)28)19-15-4-7-23(8-5-18(26)29-23)22(15,2)17(25)11-16(19)21/h9,11,14-15,17,19,25H,3-8,10H2,1-2H3,(H,27,28)/t14-,15?,17-,19?,21+,22-,23-/m1/s1. The molecule has 6 heteroatoms. The molecular formula is C23H28O6. The van der Waals surface area contributed by atoms with Crippen molar-refractivity contribution in [2.75, 3.05) is 0 Å². The maximum Gasteiger partial charge on any atom is 0.307 e. The number of allylic oxidation sites excluding steroid dienone is 3. The second kappa shape index (κ2) is 5.81. The first-order valence-corrected chi connectivity index (χ1v) is 10.7. The average Bonchev–Trinajstić information content (AvgIpc) is 3.18. The molecule has 0 bridgehead atoms. The molecule has 156 valence electrons. The Hall–Kier alpha value is -1.95. The predicted molar refractivity (Wildman–Crippen MR) is 103 cm³/mol. The summed E-state index contributed by atoms with van der Waals surface area (Å²) in [7, 11) is 0. The van der Waals surface area contributed by atoms with Crippen molar-refractivity contribution in [1.82, 2.24) is 0 Å². The van der Waals surface area contributed by atoms with Crippen molar-refractivity contribution in [1.29, 1.82) is 0 Å². The van der Waals surface area contributed by atoms with Gasteiger partial charge in [0.15, 0.2) is 5.78 Å². The van der Waals surface area contributed by atoms with Gasteiger partial charge in [-0.15, -0.1) is 0 Å². The zero-order chi connectivity index (χ0) is 20.8. The molecule has 7 atom stereocenters. The molecule has 0 amide bonds. The average molecular weight is 400 g/mol. The lowest BCUT2D eigenvalue weighted by atomic mass is 9.47. The van der Waals surface area contributed by atoms with Gasteiger partial charge in [0.2, 0.25) is 0 Å². The van der Waals surface area contributed by atoms with Crippen LogP contribution >= 0.6 is 0 Å². The summed E-state index contributed by atoms with van der Waals surface area (Å²) in [5.41, 5.74) is 0.0855. The predicted octanol–water partition coefficient (Wildman–Crippen LogP) is 2.80. The van der Waals surface area contributed by atoms with Crippen molar-refractivity contribution < 1.29 is 29.3 Å². The molecule has 2 N–H and O–H groups in total. The molecule has 0 aromatic rings. The second-order valence-corrected chi connectivity index (χ2v) is 10.1. The zero-order valence-electron chi connectivity index (χ0n) is 16.9. The molecule has 0 aromatic heterocycles.